The van der Waals surface area contributed by atoms with Crippen LogP contribution >= 0.6 is 0 Å². The van der Waals surface area contributed by atoms with Crippen LogP contribution in [0.2, 0.25) is 0 Å². The lowest BCUT2D eigenvalue weighted by Crippen LogP contribution is -2.56. The van der Waals surface area contributed by atoms with E-state index in [2.05, 4.69) is 82.0 Å². The molecule has 0 saturated heterocycles. The molecule has 0 aliphatic heterocycles. The number of hydrogen-bond acceptors (Lipinski definition) is 1. The third-order valence-corrected chi connectivity index (χ3v) is 8.42. The number of aryl methyl sites for hydroxylation is 1. The number of benzene rings is 2. The van der Waals surface area contributed by atoms with Crippen LogP contribution in [0.1, 0.15) is 88.5 Å². The van der Waals surface area contributed by atoms with Gasteiger partial charge in [-0.15, -0.1) is 0 Å². The van der Waals surface area contributed by atoms with E-state index in [0.717, 1.165) is 32.2 Å². The number of fused-ring (bicyclic) bond motifs is 3. The van der Waals surface area contributed by atoms with Gasteiger partial charge in [0.2, 0.25) is 5.91 Å². The molecule has 1 fully saturated rings. The van der Waals surface area contributed by atoms with Gasteiger partial charge in [0.15, 0.2) is 0 Å². The summed E-state index contributed by atoms with van der Waals surface area (Å²) in [6, 6.07) is 17.6. The van der Waals surface area contributed by atoms with Gasteiger partial charge in [0.25, 0.3) is 0 Å². The molecule has 0 N–H and O–H groups in total. The number of rotatable bonds is 5. The van der Waals surface area contributed by atoms with E-state index in [1.54, 1.807) is 0 Å². The SMILES string of the molecule is CCN(Cc1ccccc1)C(=O)[C@@]1(C)CCC[C@]2(C)c3ccc(C(C)C)cc3CC[C@@H]12. The molecule has 2 heteroatoms. The second-order valence-electron chi connectivity index (χ2n) is 10.7. The number of carbonyl (C=O) groups excluding carboxylic acids is 1. The zero-order valence-electron chi connectivity index (χ0n) is 20.1. The summed E-state index contributed by atoms with van der Waals surface area (Å²) in [7, 11) is 0. The summed E-state index contributed by atoms with van der Waals surface area (Å²) in [6.07, 6.45) is 5.56. The van der Waals surface area contributed by atoms with Crippen molar-refractivity contribution in [2.45, 2.75) is 84.6 Å². The van der Waals surface area contributed by atoms with Gasteiger partial charge in [-0.3, -0.25) is 4.79 Å². The van der Waals surface area contributed by atoms with Crippen molar-refractivity contribution in [1.29, 1.82) is 0 Å². The van der Waals surface area contributed by atoms with Crippen LogP contribution in [0, 0.1) is 11.3 Å². The van der Waals surface area contributed by atoms with Crippen molar-refractivity contribution in [3.05, 3.63) is 70.8 Å². The Bertz CT molecular complexity index is 933. The van der Waals surface area contributed by atoms with Crippen LogP contribution in [0.3, 0.4) is 0 Å². The molecule has 0 unspecified atom stereocenters. The largest absolute Gasteiger partial charge is 0.338 e. The molecule has 0 aromatic heterocycles. The first kappa shape index (κ1) is 22.1. The lowest BCUT2D eigenvalue weighted by molar-refractivity contribution is -0.151. The van der Waals surface area contributed by atoms with E-state index in [-0.39, 0.29) is 10.8 Å². The highest BCUT2D eigenvalue weighted by Gasteiger charge is 2.55. The Hall–Kier alpha value is -2.09. The van der Waals surface area contributed by atoms with Crippen LogP contribution in [0.15, 0.2) is 48.5 Å². The van der Waals surface area contributed by atoms with Crippen LogP contribution in [-0.2, 0) is 23.2 Å². The fourth-order valence-corrected chi connectivity index (χ4v) is 6.62. The number of carbonyl (C=O) groups is 1. The highest BCUT2D eigenvalue weighted by molar-refractivity contribution is 5.83. The molecule has 2 aliphatic carbocycles. The molecule has 166 valence electrons. The molecule has 3 atom stereocenters. The standard InChI is InChI=1S/C29H39NO/c1-6-30(20-22-11-8-7-9-12-22)27(31)29(5)18-10-17-28(4)25-15-13-23(21(2)3)19-24(25)14-16-26(28)29/h7-9,11-13,15,19,21,26H,6,10,14,16-18,20H2,1-5H3/t26-,28-,29+/m1/s1. The van der Waals surface area contributed by atoms with E-state index >= 15 is 0 Å². The maximum Gasteiger partial charge on any atom is 0.229 e. The molecule has 2 aromatic rings. The monoisotopic (exact) mass is 417 g/mol. The summed E-state index contributed by atoms with van der Waals surface area (Å²) in [4.78, 5) is 16.1. The topological polar surface area (TPSA) is 20.3 Å². The van der Waals surface area contributed by atoms with Crippen molar-refractivity contribution in [1.82, 2.24) is 4.90 Å². The molecule has 1 amide bonds. The van der Waals surface area contributed by atoms with Crippen LogP contribution in [0.4, 0.5) is 0 Å². The second-order valence-corrected chi connectivity index (χ2v) is 10.7. The van der Waals surface area contributed by atoms with Crippen molar-refractivity contribution < 1.29 is 4.79 Å². The summed E-state index contributed by atoms with van der Waals surface area (Å²) in [5.74, 6) is 1.32. The normalized spacial score (nSPS) is 27.5. The minimum Gasteiger partial charge on any atom is -0.338 e. The predicted molar refractivity (Wildman–Crippen MR) is 129 cm³/mol. The summed E-state index contributed by atoms with van der Waals surface area (Å²) in [5, 5.41) is 0. The third-order valence-electron chi connectivity index (χ3n) is 8.42. The average Bonchev–Trinajstić information content (AvgIpc) is 2.77. The Morgan fingerprint density at radius 1 is 1.10 bits per heavy atom. The van der Waals surface area contributed by atoms with Gasteiger partial charge in [-0.2, -0.15) is 0 Å². The lowest BCUT2D eigenvalue weighted by atomic mass is 9.49. The fraction of sp³-hybridized carbons (Fsp3) is 0.552. The second kappa shape index (κ2) is 8.45. The number of amides is 1. The fourth-order valence-electron chi connectivity index (χ4n) is 6.62. The van der Waals surface area contributed by atoms with Crippen molar-refractivity contribution in [2.75, 3.05) is 6.54 Å². The van der Waals surface area contributed by atoms with Crippen molar-refractivity contribution in [3.8, 4) is 0 Å². The molecule has 2 aliphatic rings. The highest BCUT2D eigenvalue weighted by atomic mass is 16.2. The smallest absolute Gasteiger partial charge is 0.229 e. The van der Waals surface area contributed by atoms with Crippen LogP contribution in [0.25, 0.3) is 0 Å². The lowest BCUT2D eigenvalue weighted by Gasteiger charge is -2.55. The Balaban J connectivity index is 1.65. The zero-order chi connectivity index (χ0) is 22.2. The number of nitrogens with zero attached hydrogens (tertiary/aromatic N) is 1. The predicted octanol–water partition coefficient (Wildman–Crippen LogP) is 6.87. The Morgan fingerprint density at radius 3 is 2.52 bits per heavy atom. The quantitative estimate of drug-likeness (QED) is 0.520. The van der Waals surface area contributed by atoms with Gasteiger partial charge in [0, 0.05) is 13.1 Å². The molecule has 1 saturated carbocycles. The first-order valence-electron chi connectivity index (χ1n) is 12.3. The van der Waals surface area contributed by atoms with Crippen LogP contribution < -0.4 is 0 Å². The van der Waals surface area contributed by atoms with E-state index in [9.17, 15) is 4.79 Å². The molecular weight excluding hydrogens is 378 g/mol. The summed E-state index contributed by atoms with van der Waals surface area (Å²) in [6.45, 7) is 12.9. The summed E-state index contributed by atoms with van der Waals surface area (Å²) < 4.78 is 0. The minimum absolute atomic E-state index is 0.0951. The molecule has 0 spiro atoms. The van der Waals surface area contributed by atoms with Crippen molar-refractivity contribution in [2.24, 2.45) is 11.3 Å². The van der Waals surface area contributed by atoms with Crippen molar-refractivity contribution >= 4 is 5.91 Å². The molecule has 0 heterocycles. The third kappa shape index (κ3) is 3.83. The maximum absolute atomic E-state index is 14.0. The van der Waals surface area contributed by atoms with E-state index < -0.39 is 0 Å². The van der Waals surface area contributed by atoms with Gasteiger partial charge in [0.1, 0.15) is 0 Å². The zero-order valence-corrected chi connectivity index (χ0v) is 20.1. The molecular formula is C29H39NO. The van der Waals surface area contributed by atoms with Gasteiger partial charge in [-0.25, -0.2) is 0 Å². The summed E-state index contributed by atoms with van der Waals surface area (Å²) in [5.41, 5.74) is 5.51. The van der Waals surface area contributed by atoms with E-state index in [1.165, 1.54) is 28.7 Å². The minimum atomic E-state index is -0.286. The molecule has 0 radical (unpaired) electrons. The van der Waals surface area contributed by atoms with E-state index in [0.29, 0.717) is 24.3 Å². The molecule has 31 heavy (non-hydrogen) atoms. The molecule has 4 rings (SSSR count). The van der Waals surface area contributed by atoms with E-state index in [1.807, 2.05) is 6.07 Å². The van der Waals surface area contributed by atoms with Crippen molar-refractivity contribution in [3.63, 3.8) is 0 Å². The first-order chi connectivity index (χ1) is 14.8. The van der Waals surface area contributed by atoms with Crippen LogP contribution in [-0.4, -0.2) is 17.4 Å². The Labute approximate surface area is 189 Å². The molecule has 2 nitrogen and oxygen atoms in total. The van der Waals surface area contributed by atoms with Gasteiger partial charge in [-0.05, 0) is 72.1 Å². The molecule has 0 bridgehead atoms. The number of hydrogen-bond donors (Lipinski definition) is 0. The maximum atomic E-state index is 14.0. The van der Waals surface area contributed by atoms with Gasteiger partial charge < -0.3 is 4.90 Å². The van der Waals surface area contributed by atoms with E-state index in [4.69, 9.17) is 0 Å². The molecule has 2 aromatic carbocycles. The Morgan fingerprint density at radius 2 is 1.84 bits per heavy atom. The summed E-state index contributed by atoms with van der Waals surface area (Å²) >= 11 is 0. The van der Waals surface area contributed by atoms with Gasteiger partial charge >= 0.3 is 0 Å². The average molecular weight is 418 g/mol. The highest BCUT2D eigenvalue weighted by Crippen LogP contribution is 2.58. The van der Waals surface area contributed by atoms with Gasteiger partial charge in [-0.1, -0.05) is 82.6 Å². The first-order valence-corrected chi connectivity index (χ1v) is 12.3. The Kier molecular flexibility index (Phi) is 6.03. The van der Waals surface area contributed by atoms with Crippen LogP contribution in [0.5, 0.6) is 0 Å². The van der Waals surface area contributed by atoms with Gasteiger partial charge in [0.05, 0.1) is 5.41 Å².